The Kier molecular flexibility index (Phi) is 4.10. The molecule has 0 aromatic heterocycles. The van der Waals surface area contributed by atoms with Crippen LogP contribution in [0.4, 0.5) is 0 Å². The Labute approximate surface area is 145 Å². The highest BCUT2D eigenvalue weighted by atomic mass is 35.5. The summed E-state index contributed by atoms with van der Waals surface area (Å²) in [4.78, 5) is 11.1. The van der Waals surface area contributed by atoms with Gasteiger partial charge >= 0.3 is 0 Å². The largest absolute Gasteiger partial charge is 0.474 e. The summed E-state index contributed by atoms with van der Waals surface area (Å²) >= 11 is 5.96. The van der Waals surface area contributed by atoms with E-state index < -0.39 is 11.0 Å². The zero-order chi connectivity index (χ0) is 17.5. The second kappa shape index (κ2) is 5.95. The van der Waals surface area contributed by atoms with Crippen molar-refractivity contribution >= 4 is 17.7 Å². The second-order valence-electron chi connectivity index (χ2n) is 6.88. The van der Waals surface area contributed by atoms with Crippen molar-refractivity contribution in [1.29, 1.82) is 0 Å². The monoisotopic (exact) mass is 343 g/mol. The van der Waals surface area contributed by atoms with Crippen LogP contribution in [0.25, 0.3) is 6.08 Å². The lowest BCUT2D eigenvalue weighted by atomic mass is 9.86. The minimum absolute atomic E-state index is 0.00766. The normalized spacial score (nSPS) is 16.8. The van der Waals surface area contributed by atoms with Crippen LogP contribution in [0.1, 0.15) is 43.6 Å². The molecule has 0 spiro atoms. The summed E-state index contributed by atoms with van der Waals surface area (Å²) in [6, 6.07) is 12.9. The number of hydrogen-bond donors (Lipinski definition) is 0. The van der Waals surface area contributed by atoms with Crippen molar-refractivity contribution in [1.82, 2.24) is 0 Å². The molecule has 3 rings (SSSR count). The lowest BCUT2D eigenvalue weighted by Gasteiger charge is -2.24. The minimum atomic E-state index is -0.734. The summed E-state index contributed by atoms with van der Waals surface area (Å²) in [5.74, 6) is 0.592. The first-order valence-corrected chi connectivity index (χ1v) is 8.06. The Morgan fingerprint density at radius 3 is 2.38 bits per heavy atom. The van der Waals surface area contributed by atoms with E-state index in [-0.39, 0.29) is 11.1 Å². The van der Waals surface area contributed by atoms with Gasteiger partial charge in [0.15, 0.2) is 0 Å². The van der Waals surface area contributed by atoms with E-state index in [2.05, 4.69) is 20.8 Å². The third-order valence-electron chi connectivity index (χ3n) is 4.08. The summed E-state index contributed by atoms with van der Waals surface area (Å²) < 4.78 is 5.90. The fourth-order valence-electron chi connectivity index (χ4n) is 2.71. The van der Waals surface area contributed by atoms with E-state index in [1.807, 2.05) is 24.3 Å². The Hall–Kier alpha value is -2.33. The SMILES string of the molecule is CC(C)(C)c1ccc([C@@H]2Oc3ccc(Cl)cc3C=C2[N+](=O)[O-])cc1. The molecule has 0 aliphatic carbocycles. The maximum absolute atomic E-state index is 11.5. The van der Waals surface area contributed by atoms with Gasteiger partial charge in [0, 0.05) is 22.2 Å². The smallest absolute Gasteiger partial charge is 0.291 e. The van der Waals surface area contributed by atoms with Crippen LogP contribution in [0, 0.1) is 10.1 Å². The molecule has 1 aliphatic heterocycles. The Morgan fingerprint density at radius 1 is 1.12 bits per heavy atom. The zero-order valence-electron chi connectivity index (χ0n) is 13.7. The maximum Gasteiger partial charge on any atom is 0.291 e. The van der Waals surface area contributed by atoms with Gasteiger partial charge in [0.1, 0.15) is 5.75 Å². The molecule has 0 amide bonds. The van der Waals surface area contributed by atoms with Gasteiger partial charge in [-0.2, -0.15) is 0 Å². The maximum atomic E-state index is 11.5. The van der Waals surface area contributed by atoms with Crippen LogP contribution >= 0.6 is 11.6 Å². The molecule has 0 N–H and O–H groups in total. The van der Waals surface area contributed by atoms with Gasteiger partial charge in [-0.3, -0.25) is 10.1 Å². The highest BCUT2D eigenvalue weighted by Crippen LogP contribution is 2.39. The Balaban J connectivity index is 2.02. The van der Waals surface area contributed by atoms with Crippen molar-refractivity contribution < 1.29 is 9.66 Å². The van der Waals surface area contributed by atoms with Gasteiger partial charge in [-0.15, -0.1) is 0 Å². The van der Waals surface area contributed by atoms with Gasteiger partial charge < -0.3 is 4.74 Å². The molecule has 0 bridgehead atoms. The average molecular weight is 344 g/mol. The molecule has 0 radical (unpaired) electrons. The van der Waals surface area contributed by atoms with Crippen molar-refractivity contribution in [3.05, 3.63) is 80.0 Å². The fourth-order valence-corrected chi connectivity index (χ4v) is 2.89. The average Bonchev–Trinajstić information content (AvgIpc) is 2.52. The molecule has 2 aromatic carbocycles. The topological polar surface area (TPSA) is 52.4 Å². The van der Waals surface area contributed by atoms with Crippen LogP contribution < -0.4 is 4.74 Å². The molecular weight excluding hydrogens is 326 g/mol. The van der Waals surface area contributed by atoms with Crippen LogP contribution in [-0.2, 0) is 5.41 Å². The van der Waals surface area contributed by atoms with Crippen molar-refractivity contribution in [3.63, 3.8) is 0 Å². The number of benzene rings is 2. The first-order valence-electron chi connectivity index (χ1n) is 7.68. The number of ether oxygens (including phenoxy) is 1. The number of rotatable bonds is 2. The third-order valence-corrected chi connectivity index (χ3v) is 4.31. The van der Waals surface area contributed by atoms with Gasteiger partial charge in [0.05, 0.1) is 4.92 Å². The van der Waals surface area contributed by atoms with Crippen LogP contribution in [0.3, 0.4) is 0 Å². The summed E-state index contributed by atoms with van der Waals surface area (Å²) in [7, 11) is 0. The van der Waals surface area contributed by atoms with Crippen LogP contribution in [0.5, 0.6) is 5.75 Å². The molecule has 1 aliphatic rings. The van der Waals surface area contributed by atoms with Gasteiger partial charge in [-0.1, -0.05) is 56.6 Å². The molecule has 0 saturated carbocycles. The van der Waals surface area contributed by atoms with Gasteiger partial charge in [-0.05, 0) is 29.2 Å². The van der Waals surface area contributed by atoms with Gasteiger partial charge in [0.25, 0.3) is 5.70 Å². The molecule has 24 heavy (non-hydrogen) atoms. The quantitative estimate of drug-likeness (QED) is 0.542. The molecule has 5 heteroatoms. The summed E-state index contributed by atoms with van der Waals surface area (Å²) in [5.41, 5.74) is 2.58. The summed E-state index contributed by atoms with van der Waals surface area (Å²) in [6.07, 6.45) is 0.801. The van der Waals surface area contributed by atoms with Crippen LogP contribution in [-0.4, -0.2) is 4.92 Å². The van der Waals surface area contributed by atoms with Crippen LogP contribution in [0.15, 0.2) is 48.2 Å². The molecule has 0 saturated heterocycles. The number of hydrogen-bond acceptors (Lipinski definition) is 3. The molecule has 1 atom stereocenters. The van der Waals surface area contributed by atoms with Crippen molar-refractivity contribution in [2.75, 3.05) is 0 Å². The van der Waals surface area contributed by atoms with E-state index in [9.17, 15) is 10.1 Å². The zero-order valence-corrected chi connectivity index (χ0v) is 14.5. The number of nitrogens with zero attached hydrogens (tertiary/aromatic N) is 1. The minimum Gasteiger partial charge on any atom is -0.474 e. The molecule has 1 heterocycles. The molecular formula is C19H18ClNO3. The van der Waals surface area contributed by atoms with E-state index in [1.165, 1.54) is 11.6 Å². The number of fused-ring (bicyclic) bond motifs is 1. The summed E-state index contributed by atoms with van der Waals surface area (Å²) in [6.45, 7) is 6.38. The van der Waals surface area contributed by atoms with E-state index in [4.69, 9.17) is 16.3 Å². The fraction of sp³-hybridized carbons (Fsp3) is 0.263. The molecule has 2 aromatic rings. The van der Waals surface area contributed by atoms with E-state index in [1.54, 1.807) is 18.2 Å². The van der Waals surface area contributed by atoms with Crippen molar-refractivity contribution in [2.24, 2.45) is 0 Å². The predicted octanol–water partition coefficient (Wildman–Crippen LogP) is 5.39. The Bertz CT molecular complexity index is 819. The predicted molar refractivity (Wildman–Crippen MR) is 94.9 cm³/mol. The number of halogens is 1. The van der Waals surface area contributed by atoms with Gasteiger partial charge in [0.2, 0.25) is 6.10 Å². The Morgan fingerprint density at radius 2 is 1.79 bits per heavy atom. The summed E-state index contributed by atoms with van der Waals surface area (Å²) in [5, 5.41) is 12.0. The lowest BCUT2D eigenvalue weighted by molar-refractivity contribution is -0.434. The van der Waals surface area contributed by atoms with Crippen molar-refractivity contribution in [3.8, 4) is 5.75 Å². The highest BCUT2D eigenvalue weighted by Gasteiger charge is 2.33. The molecule has 0 fully saturated rings. The standard InChI is InChI=1S/C19H18ClNO3/c1-19(2,3)14-6-4-12(5-7-14)18-16(21(22)23)11-13-10-15(20)8-9-17(13)24-18/h4-11,18H,1-3H3/t18-/m0/s1. The molecule has 4 nitrogen and oxygen atoms in total. The van der Waals surface area contributed by atoms with E-state index >= 15 is 0 Å². The second-order valence-corrected chi connectivity index (χ2v) is 7.31. The van der Waals surface area contributed by atoms with Gasteiger partial charge in [-0.25, -0.2) is 0 Å². The molecule has 124 valence electrons. The van der Waals surface area contributed by atoms with Crippen molar-refractivity contribution in [2.45, 2.75) is 32.3 Å². The molecule has 0 unspecified atom stereocenters. The number of nitro groups is 1. The highest BCUT2D eigenvalue weighted by molar-refractivity contribution is 6.30. The van der Waals surface area contributed by atoms with Crippen LogP contribution in [0.2, 0.25) is 5.02 Å². The third kappa shape index (κ3) is 3.15. The van der Waals surface area contributed by atoms with E-state index in [0.29, 0.717) is 16.3 Å². The first kappa shape index (κ1) is 16.5. The lowest BCUT2D eigenvalue weighted by Crippen LogP contribution is -2.20. The van der Waals surface area contributed by atoms with E-state index in [0.717, 1.165) is 5.56 Å². The first-order chi connectivity index (χ1) is 11.3.